The van der Waals surface area contributed by atoms with Crippen molar-refractivity contribution in [1.29, 1.82) is 0 Å². The van der Waals surface area contributed by atoms with E-state index in [1.54, 1.807) is 41.2 Å². The van der Waals surface area contributed by atoms with E-state index in [1.807, 2.05) is 13.0 Å². The van der Waals surface area contributed by atoms with E-state index in [0.717, 1.165) is 0 Å². The summed E-state index contributed by atoms with van der Waals surface area (Å²) in [5.41, 5.74) is 0.784. The largest absolute Gasteiger partial charge is 0.322 e. The average molecular weight is 271 g/mol. The topological polar surface area (TPSA) is 46.9 Å². The molecule has 0 saturated carbocycles. The van der Waals surface area contributed by atoms with Crippen molar-refractivity contribution in [3.05, 3.63) is 67.0 Å². The molecule has 1 N–H and O–H groups in total. The summed E-state index contributed by atoms with van der Waals surface area (Å²) >= 11 is 0. The molecule has 0 radical (unpaired) electrons. The summed E-state index contributed by atoms with van der Waals surface area (Å²) in [6, 6.07) is 4.50. The summed E-state index contributed by atoms with van der Waals surface area (Å²) in [4.78, 5) is 15.4. The van der Waals surface area contributed by atoms with E-state index in [1.165, 1.54) is 18.5 Å². The van der Waals surface area contributed by atoms with Crippen LogP contribution in [0.5, 0.6) is 0 Å². The number of nitrogens with zero attached hydrogens (tertiary/aromatic N) is 2. The molecule has 5 heteroatoms. The zero-order chi connectivity index (χ0) is 14.4. The van der Waals surface area contributed by atoms with Gasteiger partial charge in [-0.25, -0.2) is 9.37 Å². The number of hydrogen-bond donors (Lipinski definition) is 1. The van der Waals surface area contributed by atoms with Crippen molar-refractivity contribution < 1.29 is 9.18 Å². The third-order valence-corrected chi connectivity index (χ3v) is 2.55. The van der Waals surface area contributed by atoms with E-state index in [0.29, 0.717) is 11.4 Å². The van der Waals surface area contributed by atoms with Crippen LogP contribution >= 0.6 is 0 Å². The molecule has 4 nitrogen and oxygen atoms in total. The van der Waals surface area contributed by atoms with Gasteiger partial charge in [0.05, 0.1) is 12.0 Å². The molecule has 1 aromatic carbocycles. The fourth-order valence-corrected chi connectivity index (χ4v) is 1.63. The molecule has 0 fully saturated rings. The maximum atomic E-state index is 13.9. The Bertz CT molecular complexity index is 645. The third-order valence-electron chi connectivity index (χ3n) is 2.55. The lowest BCUT2D eigenvalue weighted by atomic mass is 10.2. The number of rotatable bonds is 4. The van der Waals surface area contributed by atoms with Gasteiger partial charge in [-0.05, 0) is 25.1 Å². The number of carbonyl (C=O) groups is 1. The summed E-state index contributed by atoms with van der Waals surface area (Å²) in [6.45, 7) is 1.85. The molecule has 1 amide bonds. The molecule has 0 aliphatic rings. The maximum Gasteiger partial charge on any atom is 0.248 e. The zero-order valence-corrected chi connectivity index (χ0v) is 11.0. The molecule has 2 aromatic rings. The highest BCUT2D eigenvalue weighted by Crippen LogP contribution is 2.18. The molecule has 0 atom stereocenters. The minimum absolute atomic E-state index is 0.308. The van der Waals surface area contributed by atoms with Crippen molar-refractivity contribution in [2.45, 2.75) is 6.92 Å². The van der Waals surface area contributed by atoms with Crippen LogP contribution in [0.25, 0.3) is 5.69 Å². The first-order valence-electron chi connectivity index (χ1n) is 6.09. The lowest BCUT2D eigenvalue weighted by Crippen LogP contribution is -2.08. The highest BCUT2D eigenvalue weighted by Gasteiger charge is 2.06. The average Bonchev–Trinajstić information content (AvgIpc) is 2.93. The minimum Gasteiger partial charge on any atom is -0.322 e. The molecule has 0 saturated heterocycles. The Balaban J connectivity index is 2.12. The number of aromatic nitrogens is 2. The zero-order valence-electron chi connectivity index (χ0n) is 11.0. The van der Waals surface area contributed by atoms with Crippen LogP contribution in [0.1, 0.15) is 6.92 Å². The summed E-state index contributed by atoms with van der Waals surface area (Å²) < 4.78 is 15.5. The number of anilines is 1. The van der Waals surface area contributed by atoms with Gasteiger partial charge in [-0.1, -0.05) is 18.2 Å². The van der Waals surface area contributed by atoms with Gasteiger partial charge < -0.3 is 9.88 Å². The summed E-state index contributed by atoms with van der Waals surface area (Å²) in [5.74, 6) is -0.740. The number of carbonyl (C=O) groups excluding carboxylic acids is 1. The maximum absolute atomic E-state index is 13.9. The van der Waals surface area contributed by atoms with Crippen LogP contribution in [0.3, 0.4) is 0 Å². The standard InChI is InChI=1S/C15H14FN3O/c1-2-3-4-5-15(20)18-12-6-7-14(13(16)10-12)19-9-8-17-11-19/h2-11H,1H3,(H,18,20)/b3-2+,5-4+. The van der Waals surface area contributed by atoms with E-state index < -0.39 is 5.82 Å². The number of nitrogens with one attached hydrogen (secondary N) is 1. The van der Waals surface area contributed by atoms with E-state index >= 15 is 0 Å². The Kier molecular flexibility index (Phi) is 4.44. The Labute approximate surface area is 116 Å². The lowest BCUT2D eigenvalue weighted by molar-refractivity contribution is -0.111. The van der Waals surface area contributed by atoms with E-state index in [4.69, 9.17) is 0 Å². The van der Waals surface area contributed by atoms with Crippen LogP contribution in [0.2, 0.25) is 0 Å². The van der Waals surface area contributed by atoms with Gasteiger partial charge in [-0.3, -0.25) is 4.79 Å². The number of allylic oxidation sites excluding steroid dienone is 3. The second-order valence-corrected chi connectivity index (χ2v) is 4.01. The highest BCUT2D eigenvalue weighted by molar-refractivity contribution is 5.99. The molecule has 102 valence electrons. The van der Waals surface area contributed by atoms with Gasteiger partial charge in [0, 0.05) is 24.2 Å². The number of benzene rings is 1. The second-order valence-electron chi connectivity index (χ2n) is 4.01. The van der Waals surface area contributed by atoms with Crippen LogP contribution in [0.4, 0.5) is 10.1 Å². The molecular formula is C15H14FN3O. The summed E-state index contributed by atoms with van der Waals surface area (Å²) in [7, 11) is 0. The molecule has 20 heavy (non-hydrogen) atoms. The van der Waals surface area contributed by atoms with Crippen molar-refractivity contribution in [3.8, 4) is 5.69 Å². The first kappa shape index (κ1) is 13.7. The molecule has 2 rings (SSSR count). The fraction of sp³-hybridized carbons (Fsp3) is 0.0667. The van der Waals surface area contributed by atoms with Crippen LogP contribution in [0, 0.1) is 5.82 Å². The van der Waals surface area contributed by atoms with Crippen molar-refractivity contribution in [2.75, 3.05) is 5.32 Å². The summed E-state index contributed by atoms with van der Waals surface area (Å²) in [6.07, 6.45) is 11.3. The van der Waals surface area contributed by atoms with Gasteiger partial charge in [0.2, 0.25) is 5.91 Å². The molecule has 0 spiro atoms. The third kappa shape index (κ3) is 3.41. The van der Waals surface area contributed by atoms with Crippen LogP contribution in [-0.2, 0) is 4.79 Å². The molecule has 1 aromatic heterocycles. The number of hydrogen-bond acceptors (Lipinski definition) is 2. The van der Waals surface area contributed by atoms with Crippen LogP contribution < -0.4 is 5.32 Å². The van der Waals surface area contributed by atoms with Crippen molar-refractivity contribution in [3.63, 3.8) is 0 Å². The van der Waals surface area contributed by atoms with Gasteiger partial charge in [-0.2, -0.15) is 0 Å². The SMILES string of the molecule is C/C=C/C=C/C(=O)Nc1ccc(-n2ccnc2)c(F)c1. The van der Waals surface area contributed by atoms with E-state index in [-0.39, 0.29) is 5.91 Å². The number of imidazole rings is 1. The van der Waals surface area contributed by atoms with Gasteiger partial charge in [-0.15, -0.1) is 0 Å². The molecular weight excluding hydrogens is 257 g/mol. The predicted molar refractivity (Wildman–Crippen MR) is 76.1 cm³/mol. The second kappa shape index (κ2) is 6.47. The first-order valence-corrected chi connectivity index (χ1v) is 6.09. The van der Waals surface area contributed by atoms with Gasteiger partial charge in [0.1, 0.15) is 5.82 Å². The Hall–Kier alpha value is -2.69. The first-order chi connectivity index (χ1) is 9.70. The predicted octanol–water partition coefficient (Wildman–Crippen LogP) is 3.08. The molecule has 0 unspecified atom stereocenters. The van der Waals surface area contributed by atoms with Crippen molar-refractivity contribution in [2.24, 2.45) is 0 Å². The Morgan fingerprint density at radius 1 is 1.40 bits per heavy atom. The smallest absolute Gasteiger partial charge is 0.248 e. The van der Waals surface area contributed by atoms with E-state index in [2.05, 4.69) is 10.3 Å². The monoisotopic (exact) mass is 271 g/mol. The number of halogens is 1. The van der Waals surface area contributed by atoms with Crippen LogP contribution in [0.15, 0.2) is 61.2 Å². The minimum atomic E-state index is -0.432. The lowest BCUT2D eigenvalue weighted by Gasteiger charge is -2.07. The van der Waals surface area contributed by atoms with Gasteiger partial charge >= 0.3 is 0 Å². The quantitative estimate of drug-likeness (QED) is 0.686. The normalized spacial score (nSPS) is 11.3. The molecule has 0 aliphatic heterocycles. The number of amides is 1. The van der Waals surface area contributed by atoms with E-state index in [9.17, 15) is 9.18 Å². The molecule has 0 bridgehead atoms. The summed E-state index contributed by atoms with van der Waals surface area (Å²) in [5, 5.41) is 2.59. The fourth-order valence-electron chi connectivity index (χ4n) is 1.63. The Morgan fingerprint density at radius 2 is 2.25 bits per heavy atom. The molecule has 1 heterocycles. The van der Waals surface area contributed by atoms with Gasteiger partial charge in [0.15, 0.2) is 0 Å². The van der Waals surface area contributed by atoms with Gasteiger partial charge in [0.25, 0.3) is 0 Å². The molecule has 0 aliphatic carbocycles. The highest BCUT2D eigenvalue weighted by atomic mass is 19.1. The van der Waals surface area contributed by atoms with Crippen LogP contribution in [-0.4, -0.2) is 15.5 Å². The van der Waals surface area contributed by atoms with Crippen molar-refractivity contribution >= 4 is 11.6 Å². The Morgan fingerprint density at radius 3 is 2.90 bits per heavy atom. The van der Waals surface area contributed by atoms with Crippen molar-refractivity contribution in [1.82, 2.24) is 9.55 Å².